The first-order valence-electron chi connectivity index (χ1n) is 7.91. The highest BCUT2D eigenvalue weighted by atomic mass is 32.2. The van der Waals surface area contributed by atoms with Crippen LogP contribution in [-0.4, -0.2) is 29.4 Å². The first kappa shape index (κ1) is 16.8. The molecule has 6 heteroatoms. The second-order valence-corrected chi connectivity index (χ2v) is 7.08. The van der Waals surface area contributed by atoms with Gasteiger partial charge < -0.3 is 11.1 Å². The topological polar surface area (TPSA) is 68.0 Å². The van der Waals surface area contributed by atoms with E-state index in [0.29, 0.717) is 24.4 Å². The Kier molecular flexibility index (Phi) is 5.04. The predicted octanol–water partition coefficient (Wildman–Crippen LogP) is 3.21. The highest BCUT2D eigenvalue weighted by molar-refractivity contribution is 7.99. The van der Waals surface area contributed by atoms with E-state index in [9.17, 15) is 9.18 Å². The fraction of sp³-hybridized carbons (Fsp3) is 0.333. The molecule has 1 aliphatic carbocycles. The summed E-state index contributed by atoms with van der Waals surface area (Å²) in [7, 11) is 0. The fourth-order valence-electron chi connectivity index (χ4n) is 2.49. The number of hydrogen-bond donors (Lipinski definition) is 2. The van der Waals surface area contributed by atoms with E-state index < -0.39 is 12.1 Å². The van der Waals surface area contributed by atoms with Crippen LogP contribution in [-0.2, 0) is 4.79 Å². The molecule has 1 amide bonds. The number of nitrogens with two attached hydrogens (primary N) is 1. The normalized spacial score (nSPS) is 19.1. The first-order valence-corrected chi connectivity index (χ1v) is 8.90. The van der Waals surface area contributed by atoms with Crippen molar-refractivity contribution in [1.82, 2.24) is 10.3 Å². The van der Waals surface area contributed by atoms with Gasteiger partial charge in [0, 0.05) is 40.8 Å². The van der Waals surface area contributed by atoms with Crippen LogP contribution in [0.15, 0.2) is 41.6 Å². The van der Waals surface area contributed by atoms with Crippen molar-refractivity contribution in [3.05, 3.63) is 42.2 Å². The summed E-state index contributed by atoms with van der Waals surface area (Å²) in [5.74, 6) is 0.0718. The van der Waals surface area contributed by atoms with E-state index in [4.69, 9.17) is 5.73 Å². The van der Waals surface area contributed by atoms with Gasteiger partial charge in [0.05, 0.1) is 5.92 Å². The van der Waals surface area contributed by atoms with Crippen LogP contribution in [0.1, 0.15) is 12.0 Å². The monoisotopic (exact) mass is 345 g/mol. The molecule has 3 N–H and O–H groups in total. The SMILES string of the molecule is Cc1ccncc1-c1ccc(N)c(SCCNC(=O)[C@H]2C[C@H]2F)c1. The second kappa shape index (κ2) is 7.21. The lowest BCUT2D eigenvalue weighted by Gasteiger charge is -2.10. The van der Waals surface area contributed by atoms with Gasteiger partial charge in [-0.15, -0.1) is 11.8 Å². The number of rotatable bonds is 6. The van der Waals surface area contributed by atoms with Gasteiger partial charge in [-0.25, -0.2) is 4.39 Å². The molecule has 0 unspecified atom stereocenters. The van der Waals surface area contributed by atoms with Crippen LogP contribution in [0.25, 0.3) is 11.1 Å². The van der Waals surface area contributed by atoms with Crippen LogP contribution >= 0.6 is 11.8 Å². The van der Waals surface area contributed by atoms with Gasteiger partial charge in [0.15, 0.2) is 0 Å². The van der Waals surface area contributed by atoms with Gasteiger partial charge in [0.25, 0.3) is 0 Å². The maximum atomic E-state index is 12.8. The number of alkyl halides is 1. The van der Waals surface area contributed by atoms with Crippen LogP contribution in [0.4, 0.5) is 10.1 Å². The minimum atomic E-state index is -0.951. The third-order valence-corrected chi connectivity index (χ3v) is 5.14. The maximum Gasteiger partial charge on any atom is 0.226 e. The highest BCUT2D eigenvalue weighted by Crippen LogP contribution is 2.34. The number of nitrogens with zero attached hydrogens (tertiary/aromatic N) is 1. The molecule has 1 heterocycles. The molecule has 2 atom stereocenters. The molecule has 1 aliphatic rings. The Morgan fingerprint density at radius 3 is 2.96 bits per heavy atom. The van der Waals surface area contributed by atoms with Gasteiger partial charge in [0.1, 0.15) is 6.17 Å². The number of nitrogen functional groups attached to an aromatic ring is 1. The summed E-state index contributed by atoms with van der Waals surface area (Å²) in [6.45, 7) is 2.55. The van der Waals surface area contributed by atoms with Crippen molar-refractivity contribution in [1.29, 1.82) is 0 Å². The fourth-order valence-corrected chi connectivity index (χ4v) is 3.36. The average molecular weight is 345 g/mol. The van der Waals surface area contributed by atoms with Crippen molar-refractivity contribution in [3.8, 4) is 11.1 Å². The van der Waals surface area contributed by atoms with E-state index in [0.717, 1.165) is 21.6 Å². The van der Waals surface area contributed by atoms with Crippen molar-refractivity contribution < 1.29 is 9.18 Å². The van der Waals surface area contributed by atoms with E-state index >= 15 is 0 Å². The third kappa shape index (κ3) is 3.87. The standard InChI is InChI=1S/C18H20FN3OS/c1-11-4-5-21-10-14(11)12-2-3-16(20)17(8-12)24-7-6-22-18(23)13-9-15(13)19/h2-5,8,10,13,15H,6-7,9,20H2,1H3,(H,22,23)/t13-,15+/m0/s1. The highest BCUT2D eigenvalue weighted by Gasteiger charge is 2.43. The van der Waals surface area contributed by atoms with Crippen molar-refractivity contribution in [2.75, 3.05) is 18.0 Å². The third-order valence-electron chi connectivity index (χ3n) is 4.07. The van der Waals surface area contributed by atoms with Gasteiger partial charge in [-0.2, -0.15) is 0 Å². The van der Waals surface area contributed by atoms with Crippen molar-refractivity contribution in [3.63, 3.8) is 0 Å². The lowest BCUT2D eigenvalue weighted by Crippen LogP contribution is -2.27. The number of halogens is 1. The molecule has 0 radical (unpaired) electrons. The smallest absolute Gasteiger partial charge is 0.226 e. The van der Waals surface area contributed by atoms with Crippen LogP contribution in [0.2, 0.25) is 0 Å². The Morgan fingerprint density at radius 1 is 1.46 bits per heavy atom. The van der Waals surface area contributed by atoms with Crippen molar-refractivity contribution >= 4 is 23.4 Å². The Hall–Kier alpha value is -2.08. The minimum absolute atomic E-state index is 0.184. The maximum absolute atomic E-state index is 12.8. The molecule has 1 aromatic carbocycles. The van der Waals surface area contributed by atoms with Crippen LogP contribution in [0, 0.1) is 12.8 Å². The number of anilines is 1. The first-order chi connectivity index (χ1) is 11.6. The summed E-state index contributed by atoms with van der Waals surface area (Å²) in [4.78, 5) is 16.7. The Balaban J connectivity index is 1.60. The average Bonchev–Trinajstić information content (AvgIpc) is 3.30. The van der Waals surface area contributed by atoms with Gasteiger partial charge in [0.2, 0.25) is 5.91 Å². The lowest BCUT2D eigenvalue weighted by atomic mass is 10.0. The van der Waals surface area contributed by atoms with Crippen molar-refractivity contribution in [2.24, 2.45) is 5.92 Å². The number of carbonyl (C=O) groups is 1. The molecule has 126 valence electrons. The number of hydrogen-bond acceptors (Lipinski definition) is 4. The van der Waals surface area contributed by atoms with E-state index in [1.807, 2.05) is 37.4 Å². The number of nitrogens with one attached hydrogen (secondary N) is 1. The van der Waals surface area contributed by atoms with E-state index in [1.54, 1.807) is 18.0 Å². The molecule has 3 rings (SSSR count). The molecule has 24 heavy (non-hydrogen) atoms. The van der Waals surface area contributed by atoms with E-state index in [2.05, 4.69) is 10.3 Å². The molecule has 0 spiro atoms. The van der Waals surface area contributed by atoms with Crippen molar-refractivity contribution in [2.45, 2.75) is 24.4 Å². The zero-order valence-corrected chi connectivity index (χ0v) is 14.3. The second-order valence-electron chi connectivity index (χ2n) is 5.94. The van der Waals surface area contributed by atoms with Gasteiger partial charge in [-0.3, -0.25) is 9.78 Å². The number of aromatic nitrogens is 1. The molecule has 1 saturated carbocycles. The van der Waals surface area contributed by atoms with Crippen LogP contribution in [0.5, 0.6) is 0 Å². The van der Waals surface area contributed by atoms with Crippen LogP contribution < -0.4 is 11.1 Å². The van der Waals surface area contributed by atoms with Gasteiger partial charge in [-0.05, 0) is 42.7 Å². The largest absolute Gasteiger partial charge is 0.398 e. The van der Waals surface area contributed by atoms with Crippen LogP contribution in [0.3, 0.4) is 0 Å². The van der Waals surface area contributed by atoms with E-state index in [-0.39, 0.29) is 5.91 Å². The Morgan fingerprint density at radius 2 is 2.25 bits per heavy atom. The predicted molar refractivity (Wildman–Crippen MR) is 95.6 cm³/mol. The number of amides is 1. The number of pyridine rings is 1. The molecular weight excluding hydrogens is 325 g/mol. The Bertz CT molecular complexity index is 753. The van der Waals surface area contributed by atoms with E-state index in [1.165, 1.54) is 0 Å². The number of carbonyl (C=O) groups excluding carboxylic acids is 1. The molecule has 0 bridgehead atoms. The summed E-state index contributed by atoms with van der Waals surface area (Å²) in [6.07, 6.45) is 3.03. The molecule has 4 nitrogen and oxygen atoms in total. The summed E-state index contributed by atoms with van der Waals surface area (Å²) in [5.41, 5.74) is 10.1. The summed E-state index contributed by atoms with van der Waals surface area (Å²) < 4.78 is 12.8. The summed E-state index contributed by atoms with van der Waals surface area (Å²) in [5, 5.41) is 2.77. The number of benzene rings is 1. The Labute approximate surface area is 145 Å². The minimum Gasteiger partial charge on any atom is -0.398 e. The number of thioether (sulfide) groups is 1. The molecule has 0 aliphatic heterocycles. The molecule has 1 aromatic heterocycles. The molecule has 2 aromatic rings. The quantitative estimate of drug-likeness (QED) is 0.479. The lowest BCUT2D eigenvalue weighted by molar-refractivity contribution is -0.122. The zero-order valence-electron chi connectivity index (χ0n) is 13.5. The molecule has 1 fully saturated rings. The number of aryl methyl sites for hydroxylation is 1. The molecule has 0 saturated heterocycles. The van der Waals surface area contributed by atoms with Gasteiger partial charge >= 0.3 is 0 Å². The molecular formula is C18H20FN3OS. The summed E-state index contributed by atoms with van der Waals surface area (Å²) >= 11 is 1.58. The summed E-state index contributed by atoms with van der Waals surface area (Å²) in [6, 6.07) is 7.90. The zero-order chi connectivity index (χ0) is 17.1. The van der Waals surface area contributed by atoms with Gasteiger partial charge in [-0.1, -0.05) is 6.07 Å².